The number of nitrogens with zero attached hydrogens (tertiary/aromatic N) is 1. The van der Waals surface area contributed by atoms with Gasteiger partial charge >= 0.3 is 0 Å². The van der Waals surface area contributed by atoms with E-state index in [4.69, 9.17) is 0 Å². The number of aryl methyl sites for hydroxylation is 1. The highest BCUT2D eigenvalue weighted by Gasteiger charge is 2.15. The molecule has 1 heterocycles. The van der Waals surface area contributed by atoms with Gasteiger partial charge in [-0.05, 0) is 45.5 Å². The first-order valence-corrected chi connectivity index (χ1v) is 9.41. The standard InChI is InChI=1S/C15H21N3O2S2/c1-10(17-11(2)15-9-21-12(3)18-15)13-5-7-14(8-6-13)22(19,20)16-4/h5-11,16-17H,1-4H3/t10-,11+/m1/s1. The number of aromatic nitrogens is 1. The van der Waals surface area contributed by atoms with Crippen molar-refractivity contribution in [3.63, 3.8) is 0 Å². The summed E-state index contributed by atoms with van der Waals surface area (Å²) in [4.78, 5) is 4.76. The van der Waals surface area contributed by atoms with Crippen LogP contribution in [0.25, 0.3) is 0 Å². The first-order valence-electron chi connectivity index (χ1n) is 7.05. The van der Waals surface area contributed by atoms with Gasteiger partial charge in [-0.25, -0.2) is 18.1 Å². The van der Waals surface area contributed by atoms with Crippen molar-refractivity contribution < 1.29 is 8.42 Å². The highest BCUT2D eigenvalue weighted by Crippen LogP contribution is 2.21. The minimum absolute atomic E-state index is 0.100. The van der Waals surface area contributed by atoms with Crippen molar-refractivity contribution in [3.05, 3.63) is 45.9 Å². The Kier molecular flexibility index (Phi) is 5.33. The normalized spacial score (nSPS) is 14.7. The average molecular weight is 339 g/mol. The van der Waals surface area contributed by atoms with Gasteiger partial charge in [0.15, 0.2) is 0 Å². The van der Waals surface area contributed by atoms with Crippen LogP contribution in [-0.2, 0) is 10.0 Å². The van der Waals surface area contributed by atoms with Crippen LogP contribution in [0.4, 0.5) is 0 Å². The lowest BCUT2D eigenvalue weighted by Crippen LogP contribution is -2.23. The molecule has 2 N–H and O–H groups in total. The monoisotopic (exact) mass is 339 g/mol. The van der Waals surface area contributed by atoms with E-state index in [9.17, 15) is 8.42 Å². The van der Waals surface area contributed by atoms with E-state index in [-0.39, 0.29) is 17.0 Å². The molecular formula is C15H21N3O2S2. The molecule has 0 fully saturated rings. The van der Waals surface area contributed by atoms with Crippen molar-refractivity contribution in [3.8, 4) is 0 Å². The third-order valence-electron chi connectivity index (χ3n) is 3.54. The van der Waals surface area contributed by atoms with E-state index in [0.717, 1.165) is 16.3 Å². The summed E-state index contributed by atoms with van der Waals surface area (Å²) in [6, 6.07) is 7.15. The lowest BCUT2D eigenvalue weighted by atomic mass is 10.1. The van der Waals surface area contributed by atoms with Gasteiger partial charge in [-0.1, -0.05) is 12.1 Å². The van der Waals surface area contributed by atoms with Crippen LogP contribution < -0.4 is 10.0 Å². The molecule has 0 radical (unpaired) electrons. The topological polar surface area (TPSA) is 71.1 Å². The smallest absolute Gasteiger partial charge is 0.240 e. The van der Waals surface area contributed by atoms with Gasteiger partial charge in [-0.3, -0.25) is 0 Å². The van der Waals surface area contributed by atoms with Gasteiger partial charge in [0.05, 0.1) is 15.6 Å². The van der Waals surface area contributed by atoms with Crippen molar-refractivity contribution in [2.75, 3.05) is 7.05 Å². The number of hydrogen-bond donors (Lipinski definition) is 2. The molecule has 2 rings (SSSR count). The molecule has 0 aliphatic rings. The summed E-state index contributed by atoms with van der Waals surface area (Å²) in [7, 11) is -1.98. The zero-order chi connectivity index (χ0) is 16.3. The lowest BCUT2D eigenvalue weighted by molar-refractivity contribution is 0.487. The van der Waals surface area contributed by atoms with E-state index in [1.807, 2.05) is 19.1 Å². The van der Waals surface area contributed by atoms with Gasteiger partial charge in [0, 0.05) is 17.5 Å². The molecule has 7 heteroatoms. The molecule has 0 spiro atoms. The quantitative estimate of drug-likeness (QED) is 0.849. The maximum atomic E-state index is 11.7. The molecule has 0 saturated heterocycles. The number of benzene rings is 1. The van der Waals surface area contributed by atoms with Crippen LogP contribution in [0.2, 0.25) is 0 Å². The number of hydrogen-bond acceptors (Lipinski definition) is 5. The highest BCUT2D eigenvalue weighted by atomic mass is 32.2. The van der Waals surface area contributed by atoms with E-state index in [0.29, 0.717) is 0 Å². The van der Waals surface area contributed by atoms with E-state index in [1.165, 1.54) is 7.05 Å². The second-order valence-corrected chi connectivity index (χ2v) is 8.13. The molecule has 22 heavy (non-hydrogen) atoms. The molecule has 5 nitrogen and oxygen atoms in total. The molecular weight excluding hydrogens is 318 g/mol. The second kappa shape index (κ2) is 6.87. The number of rotatable bonds is 6. The summed E-state index contributed by atoms with van der Waals surface area (Å²) < 4.78 is 25.7. The molecule has 0 bridgehead atoms. The van der Waals surface area contributed by atoms with Crippen molar-refractivity contribution in [1.82, 2.24) is 15.0 Å². The molecule has 120 valence electrons. The van der Waals surface area contributed by atoms with Crippen molar-refractivity contribution >= 4 is 21.4 Å². The van der Waals surface area contributed by atoms with Gasteiger partial charge in [0.25, 0.3) is 0 Å². The van der Waals surface area contributed by atoms with Crippen LogP contribution in [0.3, 0.4) is 0 Å². The zero-order valence-corrected chi connectivity index (χ0v) is 14.8. The predicted molar refractivity (Wildman–Crippen MR) is 89.5 cm³/mol. The lowest BCUT2D eigenvalue weighted by Gasteiger charge is -2.19. The Morgan fingerprint density at radius 2 is 1.77 bits per heavy atom. The van der Waals surface area contributed by atoms with Crippen LogP contribution in [0.1, 0.15) is 42.2 Å². The van der Waals surface area contributed by atoms with Gasteiger partial charge in [-0.15, -0.1) is 11.3 Å². The van der Waals surface area contributed by atoms with Crippen molar-refractivity contribution in [2.45, 2.75) is 37.8 Å². The Morgan fingerprint density at radius 1 is 1.14 bits per heavy atom. The van der Waals surface area contributed by atoms with Crippen LogP contribution in [0.5, 0.6) is 0 Å². The Bertz CT molecular complexity index is 724. The minimum Gasteiger partial charge on any atom is -0.302 e. The Labute approximate surface area is 135 Å². The molecule has 0 amide bonds. The number of nitrogens with one attached hydrogen (secondary N) is 2. The fourth-order valence-electron chi connectivity index (χ4n) is 2.19. The van der Waals surface area contributed by atoms with Crippen LogP contribution >= 0.6 is 11.3 Å². The highest BCUT2D eigenvalue weighted by molar-refractivity contribution is 7.89. The maximum Gasteiger partial charge on any atom is 0.240 e. The average Bonchev–Trinajstić information content (AvgIpc) is 2.94. The van der Waals surface area contributed by atoms with Gasteiger partial charge in [0.2, 0.25) is 10.0 Å². The van der Waals surface area contributed by atoms with E-state index >= 15 is 0 Å². The van der Waals surface area contributed by atoms with Gasteiger partial charge in [0.1, 0.15) is 0 Å². The first kappa shape index (κ1) is 17.1. The molecule has 1 aromatic carbocycles. The third kappa shape index (κ3) is 3.92. The molecule has 0 aliphatic carbocycles. The Balaban J connectivity index is 2.08. The molecule has 2 aromatic rings. The van der Waals surface area contributed by atoms with Crippen molar-refractivity contribution in [2.24, 2.45) is 0 Å². The van der Waals surface area contributed by atoms with Gasteiger partial charge in [-0.2, -0.15) is 0 Å². The molecule has 2 atom stereocenters. The first-order chi connectivity index (χ1) is 10.3. The summed E-state index contributed by atoms with van der Waals surface area (Å²) >= 11 is 1.64. The zero-order valence-electron chi connectivity index (χ0n) is 13.1. The predicted octanol–water partition coefficient (Wildman–Crippen LogP) is 2.77. The Hall–Kier alpha value is -1.28. The fourth-order valence-corrected chi connectivity index (χ4v) is 3.63. The summed E-state index contributed by atoms with van der Waals surface area (Å²) in [5, 5.41) is 6.59. The van der Waals surface area contributed by atoms with E-state index < -0.39 is 10.0 Å². The maximum absolute atomic E-state index is 11.7. The number of sulfonamides is 1. The molecule has 0 unspecified atom stereocenters. The summed E-state index contributed by atoms with van der Waals surface area (Å²) in [6.07, 6.45) is 0. The molecule has 1 aromatic heterocycles. The van der Waals surface area contributed by atoms with Crippen LogP contribution in [0.15, 0.2) is 34.5 Å². The second-order valence-electron chi connectivity index (χ2n) is 5.18. The molecule has 0 saturated carbocycles. The number of thiazole rings is 1. The Morgan fingerprint density at radius 3 is 2.27 bits per heavy atom. The third-order valence-corrected chi connectivity index (χ3v) is 5.76. The summed E-state index contributed by atoms with van der Waals surface area (Å²) in [5.74, 6) is 0. The van der Waals surface area contributed by atoms with E-state index in [1.54, 1.807) is 23.5 Å². The van der Waals surface area contributed by atoms with Crippen molar-refractivity contribution in [1.29, 1.82) is 0 Å². The minimum atomic E-state index is -3.38. The summed E-state index contributed by atoms with van der Waals surface area (Å²) in [5.41, 5.74) is 2.07. The van der Waals surface area contributed by atoms with Crippen LogP contribution in [0, 0.1) is 6.92 Å². The van der Waals surface area contributed by atoms with Gasteiger partial charge < -0.3 is 5.32 Å². The largest absolute Gasteiger partial charge is 0.302 e. The van der Waals surface area contributed by atoms with E-state index in [2.05, 4.69) is 34.3 Å². The summed E-state index contributed by atoms with van der Waals surface area (Å²) in [6.45, 7) is 6.12. The van der Waals surface area contributed by atoms with Crippen LogP contribution in [-0.4, -0.2) is 20.4 Å². The SMILES string of the molecule is CNS(=O)(=O)c1ccc([C@@H](C)N[C@@H](C)c2csc(C)n2)cc1. The fraction of sp³-hybridized carbons (Fsp3) is 0.400. The molecule has 0 aliphatic heterocycles.